The monoisotopic (exact) mass is 268 g/mol. The summed E-state index contributed by atoms with van der Waals surface area (Å²) in [5.74, 6) is -1.07. The molecule has 1 aromatic heterocycles. The molecule has 2 rings (SSSR count). The largest absolute Gasteiger partial charge is 0.464 e. The van der Waals surface area contributed by atoms with Crippen molar-refractivity contribution in [3.05, 3.63) is 46.5 Å². The topological polar surface area (TPSA) is 44.1 Å². The first-order valence-electron chi connectivity index (χ1n) is 5.13. The lowest BCUT2D eigenvalue weighted by atomic mass is 10.3. The second-order valence-corrected chi connectivity index (χ2v) is 4.08. The molecule has 0 saturated carbocycles. The lowest BCUT2D eigenvalue weighted by Crippen LogP contribution is -2.04. The van der Waals surface area contributed by atoms with Crippen LogP contribution in [0, 0.1) is 12.7 Å². The molecule has 0 bridgehead atoms. The highest BCUT2D eigenvalue weighted by molar-refractivity contribution is 6.30. The summed E-state index contributed by atoms with van der Waals surface area (Å²) in [6, 6.07) is 5.87. The number of hydrogen-bond donors (Lipinski definition) is 0. The van der Waals surface area contributed by atoms with Gasteiger partial charge in [0, 0.05) is 11.8 Å². The van der Waals surface area contributed by atoms with Gasteiger partial charge < -0.3 is 4.74 Å². The van der Waals surface area contributed by atoms with Crippen molar-refractivity contribution in [3.8, 4) is 5.69 Å². The minimum Gasteiger partial charge on any atom is -0.464 e. The molecule has 4 nitrogen and oxygen atoms in total. The number of aromatic nitrogens is 2. The number of carbonyl (C=O) groups excluding carboxylic acids is 1. The quantitative estimate of drug-likeness (QED) is 0.787. The lowest BCUT2D eigenvalue weighted by molar-refractivity contribution is 0.0593. The SMILES string of the molecule is COC(=O)c1cc(C)n(-c2ccc(Cl)c(F)c2)n1. The highest BCUT2D eigenvalue weighted by Gasteiger charge is 2.14. The zero-order valence-electron chi connectivity index (χ0n) is 9.78. The number of benzene rings is 1. The molecule has 6 heteroatoms. The maximum atomic E-state index is 13.4. The maximum absolute atomic E-state index is 13.4. The Labute approximate surface area is 108 Å². The minimum atomic E-state index is -0.538. The fraction of sp³-hybridized carbons (Fsp3) is 0.167. The molecule has 0 aliphatic rings. The molecule has 0 unspecified atom stereocenters. The van der Waals surface area contributed by atoms with E-state index in [1.54, 1.807) is 19.1 Å². The molecule has 18 heavy (non-hydrogen) atoms. The second kappa shape index (κ2) is 4.78. The van der Waals surface area contributed by atoms with Crippen molar-refractivity contribution in [2.75, 3.05) is 7.11 Å². The molecule has 1 heterocycles. The van der Waals surface area contributed by atoms with Crippen LogP contribution < -0.4 is 0 Å². The van der Waals surface area contributed by atoms with Crippen molar-refractivity contribution in [3.63, 3.8) is 0 Å². The van der Waals surface area contributed by atoms with E-state index < -0.39 is 11.8 Å². The van der Waals surface area contributed by atoms with Crippen LogP contribution in [0.4, 0.5) is 4.39 Å². The fourth-order valence-electron chi connectivity index (χ4n) is 1.56. The normalized spacial score (nSPS) is 10.4. The van der Waals surface area contributed by atoms with Crippen molar-refractivity contribution in [1.82, 2.24) is 9.78 Å². The van der Waals surface area contributed by atoms with Crippen LogP contribution in [0.1, 0.15) is 16.2 Å². The van der Waals surface area contributed by atoms with Gasteiger partial charge in [-0.3, -0.25) is 0 Å². The van der Waals surface area contributed by atoms with Crippen LogP contribution in [0.2, 0.25) is 5.02 Å². The standard InChI is InChI=1S/C12H10ClFN2O2/c1-7-5-11(12(17)18-2)15-16(7)8-3-4-9(13)10(14)6-8/h3-6H,1-2H3. The summed E-state index contributed by atoms with van der Waals surface area (Å²) in [6.45, 7) is 1.76. The lowest BCUT2D eigenvalue weighted by Gasteiger charge is -2.04. The Hall–Kier alpha value is -1.88. The Morgan fingerprint density at radius 2 is 2.17 bits per heavy atom. The zero-order chi connectivity index (χ0) is 13.3. The van der Waals surface area contributed by atoms with Crippen LogP contribution in [-0.4, -0.2) is 22.9 Å². The summed E-state index contributed by atoms with van der Waals surface area (Å²) in [5, 5.41) is 4.09. The fourth-order valence-corrected chi connectivity index (χ4v) is 1.67. The summed E-state index contributed by atoms with van der Waals surface area (Å²) < 4.78 is 19.4. The number of rotatable bonds is 2. The molecular formula is C12H10ClFN2O2. The van der Waals surface area contributed by atoms with E-state index in [0.29, 0.717) is 11.4 Å². The van der Waals surface area contributed by atoms with Crippen molar-refractivity contribution < 1.29 is 13.9 Å². The summed E-state index contributed by atoms with van der Waals surface area (Å²) >= 11 is 5.61. The molecule has 0 saturated heterocycles. The van der Waals surface area contributed by atoms with E-state index in [9.17, 15) is 9.18 Å². The van der Waals surface area contributed by atoms with Gasteiger partial charge in [-0.15, -0.1) is 0 Å². The Morgan fingerprint density at radius 3 is 2.78 bits per heavy atom. The van der Waals surface area contributed by atoms with Gasteiger partial charge in [0.25, 0.3) is 0 Å². The third kappa shape index (κ3) is 2.22. The minimum absolute atomic E-state index is 0.0387. The Bertz CT molecular complexity index is 610. The van der Waals surface area contributed by atoms with Gasteiger partial charge in [0.1, 0.15) is 5.82 Å². The first-order valence-corrected chi connectivity index (χ1v) is 5.51. The molecule has 2 aromatic rings. The third-order valence-corrected chi connectivity index (χ3v) is 2.74. The van der Waals surface area contributed by atoms with E-state index in [4.69, 9.17) is 11.6 Å². The maximum Gasteiger partial charge on any atom is 0.358 e. The van der Waals surface area contributed by atoms with Crippen molar-refractivity contribution in [1.29, 1.82) is 0 Å². The van der Waals surface area contributed by atoms with E-state index >= 15 is 0 Å². The molecule has 0 atom stereocenters. The van der Waals surface area contributed by atoms with Crippen molar-refractivity contribution in [2.45, 2.75) is 6.92 Å². The van der Waals surface area contributed by atoms with Gasteiger partial charge in [-0.05, 0) is 25.1 Å². The summed E-state index contributed by atoms with van der Waals surface area (Å²) in [7, 11) is 1.28. The van der Waals surface area contributed by atoms with Gasteiger partial charge >= 0.3 is 5.97 Å². The molecule has 0 aliphatic heterocycles. The second-order valence-electron chi connectivity index (χ2n) is 3.67. The van der Waals surface area contributed by atoms with Crippen molar-refractivity contribution in [2.24, 2.45) is 0 Å². The van der Waals surface area contributed by atoms with Crippen LogP contribution in [0.5, 0.6) is 0 Å². The van der Waals surface area contributed by atoms with Crippen LogP contribution in [-0.2, 0) is 4.74 Å². The van der Waals surface area contributed by atoms with E-state index in [-0.39, 0.29) is 10.7 Å². The molecule has 0 N–H and O–H groups in total. The average Bonchev–Trinajstić information content (AvgIpc) is 2.74. The van der Waals surface area contributed by atoms with Crippen LogP contribution in [0.25, 0.3) is 5.69 Å². The molecule has 0 fully saturated rings. The number of esters is 1. The molecule has 0 amide bonds. The van der Waals surface area contributed by atoms with Gasteiger partial charge in [0.05, 0.1) is 17.8 Å². The predicted molar refractivity (Wildman–Crippen MR) is 64.6 cm³/mol. The number of methoxy groups -OCH3 is 1. The number of aryl methyl sites for hydroxylation is 1. The number of carbonyl (C=O) groups is 1. The number of halogens is 2. The molecular weight excluding hydrogens is 259 g/mol. The predicted octanol–water partition coefficient (Wildman–Crippen LogP) is 2.76. The van der Waals surface area contributed by atoms with Gasteiger partial charge in [-0.1, -0.05) is 11.6 Å². The Kier molecular flexibility index (Phi) is 3.34. The highest BCUT2D eigenvalue weighted by atomic mass is 35.5. The summed E-state index contributed by atoms with van der Waals surface area (Å²) in [5.41, 5.74) is 1.35. The van der Waals surface area contributed by atoms with Crippen LogP contribution in [0.3, 0.4) is 0 Å². The summed E-state index contributed by atoms with van der Waals surface area (Å²) in [6.07, 6.45) is 0. The van der Waals surface area contributed by atoms with Gasteiger partial charge in [-0.2, -0.15) is 5.10 Å². The molecule has 0 radical (unpaired) electrons. The zero-order valence-corrected chi connectivity index (χ0v) is 10.5. The van der Waals surface area contributed by atoms with Crippen LogP contribution >= 0.6 is 11.6 Å². The van der Waals surface area contributed by atoms with E-state index in [1.165, 1.54) is 23.9 Å². The molecule has 94 valence electrons. The van der Waals surface area contributed by atoms with E-state index in [2.05, 4.69) is 9.84 Å². The summed E-state index contributed by atoms with van der Waals surface area (Å²) in [4.78, 5) is 11.3. The average molecular weight is 269 g/mol. The number of ether oxygens (including phenoxy) is 1. The van der Waals surface area contributed by atoms with Crippen molar-refractivity contribution >= 4 is 17.6 Å². The number of hydrogen-bond acceptors (Lipinski definition) is 3. The molecule has 0 aliphatic carbocycles. The number of nitrogens with zero attached hydrogens (tertiary/aromatic N) is 2. The van der Waals surface area contributed by atoms with E-state index in [1.807, 2.05) is 0 Å². The Morgan fingerprint density at radius 1 is 1.44 bits per heavy atom. The third-order valence-electron chi connectivity index (χ3n) is 2.43. The smallest absolute Gasteiger partial charge is 0.358 e. The molecule has 0 spiro atoms. The van der Waals surface area contributed by atoms with Gasteiger partial charge in [-0.25, -0.2) is 13.9 Å². The van der Waals surface area contributed by atoms with Gasteiger partial charge in [0.15, 0.2) is 5.69 Å². The molecule has 1 aromatic carbocycles. The first-order chi connectivity index (χ1) is 8.52. The first kappa shape index (κ1) is 12.6. The van der Waals surface area contributed by atoms with Crippen LogP contribution in [0.15, 0.2) is 24.3 Å². The highest BCUT2D eigenvalue weighted by Crippen LogP contribution is 2.19. The Balaban J connectivity index is 2.47. The van der Waals surface area contributed by atoms with Gasteiger partial charge in [0.2, 0.25) is 0 Å². The van der Waals surface area contributed by atoms with E-state index in [0.717, 1.165) is 0 Å².